The molecule has 21 heavy (non-hydrogen) atoms. The average molecular weight is 307 g/mol. The summed E-state index contributed by atoms with van der Waals surface area (Å²) in [6, 6.07) is 3.46. The number of ether oxygens (including phenoxy) is 1. The lowest BCUT2D eigenvalue weighted by atomic mass is 10.1. The Morgan fingerprint density at radius 3 is 2.95 bits per heavy atom. The smallest absolute Gasteiger partial charge is 0.179 e. The fourth-order valence-corrected chi connectivity index (χ4v) is 4.27. The molecule has 1 aromatic carbocycles. The summed E-state index contributed by atoms with van der Waals surface area (Å²) in [6.45, 7) is 2.52. The highest BCUT2D eigenvalue weighted by Crippen LogP contribution is 2.34. The maximum absolute atomic E-state index is 12.1. The van der Waals surface area contributed by atoms with Crippen LogP contribution in [-0.2, 0) is 21.0 Å². The number of sulfone groups is 1. The van der Waals surface area contributed by atoms with Gasteiger partial charge in [0.15, 0.2) is 9.84 Å². The monoisotopic (exact) mass is 307 g/mol. The molecular weight excluding hydrogens is 290 g/mol. The van der Waals surface area contributed by atoms with Gasteiger partial charge in [-0.25, -0.2) is 18.4 Å². The lowest BCUT2D eigenvalue weighted by molar-refractivity contribution is 0.190. The number of anilines is 1. The van der Waals surface area contributed by atoms with Crippen molar-refractivity contribution in [3.8, 4) is 0 Å². The largest absolute Gasteiger partial charge is 0.383 e. The molecule has 0 saturated carbocycles. The van der Waals surface area contributed by atoms with Gasteiger partial charge in [0.25, 0.3) is 0 Å². The molecule has 1 atom stereocenters. The van der Waals surface area contributed by atoms with E-state index in [0.717, 1.165) is 16.5 Å². The van der Waals surface area contributed by atoms with Gasteiger partial charge in [-0.1, -0.05) is 0 Å². The van der Waals surface area contributed by atoms with Crippen molar-refractivity contribution in [2.75, 3.05) is 24.8 Å². The summed E-state index contributed by atoms with van der Waals surface area (Å²) in [4.78, 5) is 8.93. The minimum absolute atomic E-state index is 0.0713. The van der Waals surface area contributed by atoms with Crippen molar-refractivity contribution >= 4 is 26.6 Å². The maximum atomic E-state index is 12.1. The van der Waals surface area contributed by atoms with Crippen molar-refractivity contribution in [3.63, 3.8) is 0 Å². The van der Waals surface area contributed by atoms with Crippen LogP contribution in [-0.4, -0.2) is 43.9 Å². The number of rotatable bonds is 4. The van der Waals surface area contributed by atoms with Crippen LogP contribution >= 0.6 is 0 Å². The molecule has 2 aromatic rings. The van der Waals surface area contributed by atoms with E-state index in [2.05, 4.69) is 15.3 Å². The maximum Gasteiger partial charge on any atom is 0.179 e. The van der Waals surface area contributed by atoms with Crippen molar-refractivity contribution in [3.05, 3.63) is 24.0 Å². The summed E-state index contributed by atoms with van der Waals surface area (Å²) < 4.78 is 29.2. The van der Waals surface area contributed by atoms with Crippen LogP contribution < -0.4 is 5.32 Å². The van der Waals surface area contributed by atoms with Crippen LogP contribution in [0.5, 0.6) is 0 Å². The Labute approximate surface area is 123 Å². The first-order chi connectivity index (χ1) is 10.0. The molecule has 3 rings (SSSR count). The van der Waals surface area contributed by atoms with Crippen LogP contribution in [0.25, 0.3) is 10.9 Å². The lowest BCUT2D eigenvalue weighted by Crippen LogP contribution is -2.21. The van der Waals surface area contributed by atoms with E-state index in [1.165, 1.54) is 6.33 Å². The van der Waals surface area contributed by atoms with E-state index < -0.39 is 9.84 Å². The van der Waals surface area contributed by atoms with Crippen LogP contribution in [0.1, 0.15) is 12.5 Å². The second-order valence-electron chi connectivity index (χ2n) is 5.23. The molecule has 0 bridgehead atoms. The van der Waals surface area contributed by atoms with Crippen molar-refractivity contribution in [2.45, 2.75) is 24.3 Å². The van der Waals surface area contributed by atoms with Crippen LogP contribution in [0.3, 0.4) is 0 Å². The van der Waals surface area contributed by atoms with E-state index in [0.29, 0.717) is 23.7 Å². The Kier molecular flexibility index (Phi) is 3.54. The number of aryl methyl sites for hydroxylation is 1. The summed E-state index contributed by atoms with van der Waals surface area (Å²) in [5.41, 5.74) is 1.58. The van der Waals surface area contributed by atoms with E-state index in [-0.39, 0.29) is 11.8 Å². The highest BCUT2D eigenvalue weighted by Gasteiger charge is 2.29. The molecule has 1 aliphatic rings. The number of nitrogens with zero attached hydrogens (tertiary/aromatic N) is 2. The average Bonchev–Trinajstić information content (AvgIpc) is 2.75. The zero-order valence-corrected chi connectivity index (χ0v) is 12.8. The van der Waals surface area contributed by atoms with Gasteiger partial charge >= 0.3 is 0 Å². The van der Waals surface area contributed by atoms with Gasteiger partial charge < -0.3 is 10.1 Å². The number of benzene rings is 1. The molecular formula is C14H17N3O3S. The molecule has 1 N–H and O–H groups in total. The van der Waals surface area contributed by atoms with E-state index in [1.807, 2.05) is 6.92 Å². The normalized spacial score (nSPS) is 17.6. The SMILES string of the molecule is COCC(C)Nc1ncnc2ccc3c(c12)CCS3(=O)=O. The topological polar surface area (TPSA) is 81.2 Å². The molecule has 7 heteroatoms. The van der Waals surface area contributed by atoms with Crippen molar-refractivity contribution in [1.29, 1.82) is 0 Å². The third-order valence-electron chi connectivity index (χ3n) is 3.62. The minimum Gasteiger partial charge on any atom is -0.383 e. The third-order valence-corrected chi connectivity index (χ3v) is 5.42. The van der Waals surface area contributed by atoms with Gasteiger partial charge in [0.2, 0.25) is 0 Å². The zero-order valence-electron chi connectivity index (χ0n) is 12.0. The lowest BCUT2D eigenvalue weighted by Gasteiger charge is -2.16. The molecule has 112 valence electrons. The molecule has 6 nitrogen and oxygen atoms in total. The summed E-state index contributed by atoms with van der Waals surface area (Å²) >= 11 is 0. The van der Waals surface area contributed by atoms with Gasteiger partial charge in [0.1, 0.15) is 12.1 Å². The molecule has 0 amide bonds. The van der Waals surface area contributed by atoms with E-state index in [1.54, 1.807) is 19.2 Å². The van der Waals surface area contributed by atoms with Gasteiger partial charge in [0.05, 0.1) is 22.8 Å². The number of aromatic nitrogens is 2. The first kappa shape index (κ1) is 14.2. The Morgan fingerprint density at radius 2 is 2.19 bits per heavy atom. The first-order valence-corrected chi connectivity index (χ1v) is 8.43. The molecule has 0 spiro atoms. The first-order valence-electron chi connectivity index (χ1n) is 6.78. The van der Waals surface area contributed by atoms with Gasteiger partial charge in [-0.2, -0.15) is 0 Å². The minimum atomic E-state index is -3.16. The Morgan fingerprint density at radius 1 is 1.38 bits per heavy atom. The third kappa shape index (κ3) is 2.47. The molecule has 0 aliphatic carbocycles. The van der Waals surface area contributed by atoms with Crippen molar-refractivity contribution in [2.24, 2.45) is 0 Å². The predicted molar refractivity (Wildman–Crippen MR) is 80.3 cm³/mol. The molecule has 0 saturated heterocycles. The van der Waals surface area contributed by atoms with Crippen molar-refractivity contribution in [1.82, 2.24) is 9.97 Å². The molecule has 1 unspecified atom stereocenters. The molecule has 1 aliphatic heterocycles. The Bertz CT molecular complexity index is 789. The summed E-state index contributed by atoms with van der Waals surface area (Å²) in [5, 5.41) is 4.08. The predicted octanol–water partition coefficient (Wildman–Crippen LogP) is 1.41. The highest BCUT2D eigenvalue weighted by atomic mass is 32.2. The number of methoxy groups -OCH3 is 1. The van der Waals surface area contributed by atoms with E-state index in [9.17, 15) is 8.42 Å². The van der Waals surface area contributed by atoms with E-state index >= 15 is 0 Å². The van der Waals surface area contributed by atoms with Crippen molar-refractivity contribution < 1.29 is 13.2 Å². The molecule has 2 heterocycles. The zero-order chi connectivity index (χ0) is 15.0. The fourth-order valence-electron chi connectivity index (χ4n) is 2.72. The molecule has 1 aromatic heterocycles. The summed E-state index contributed by atoms with van der Waals surface area (Å²) in [5.74, 6) is 0.821. The van der Waals surface area contributed by atoms with Gasteiger partial charge in [-0.3, -0.25) is 0 Å². The molecule has 0 radical (unpaired) electrons. The van der Waals surface area contributed by atoms with Gasteiger partial charge in [-0.05, 0) is 31.0 Å². The van der Waals surface area contributed by atoms with E-state index in [4.69, 9.17) is 4.74 Å². The second kappa shape index (κ2) is 5.23. The quantitative estimate of drug-likeness (QED) is 0.919. The van der Waals surface area contributed by atoms with Gasteiger partial charge in [0, 0.05) is 18.5 Å². The number of nitrogens with one attached hydrogen (secondary N) is 1. The second-order valence-corrected chi connectivity index (χ2v) is 7.31. The number of fused-ring (bicyclic) bond motifs is 3. The number of hydrogen-bond acceptors (Lipinski definition) is 6. The van der Waals surface area contributed by atoms with Crippen LogP contribution in [0.2, 0.25) is 0 Å². The van der Waals surface area contributed by atoms with Crippen LogP contribution in [0, 0.1) is 0 Å². The van der Waals surface area contributed by atoms with Crippen LogP contribution in [0.4, 0.5) is 5.82 Å². The standard InChI is InChI=1S/C14H17N3O3S/c1-9(7-20-2)17-14-13-10-5-6-21(18,19)12(10)4-3-11(13)15-8-16-14/h3-4,8-9H,5-7H2,1-2H3,(H,15,16,17). The Hall–Kier alpha value is -1.73. The number of hydrogen-bond donors (Lipinski definition) is 1. The highest BCUT2D eigenvalue weighted by molar-refractivity contribution is 7.91. The van der Waals surface area contributed by atoms with Gasteiger partial charge in [-0.15, -0.1) is 0 Å². The summed E-state index contributed by atoms with van der Waals surface area (Å²) in [6.07, 6.45) is 2.00. The fraction of sp³-hybridized carbons (Fsp3) is 0.429. The van der Waals surface area contributed by atoms with Crippen LogP contribution in [0.15, 0.2) is 23.4 Å². The Balaban J connectivity index is 2.16. The summed E-state index contributed by atoms with van der Waals surface area (Å²) in [7, 11) is -1.52. The molecule has 0 fully saturated rings.